The summed E-state index contributed by atoms with van der Waals surface area (Å²) >= 11 is 0. The van der Waals surface area contributed by atoms with E-state index in [4.69, 9.17) is 23.7 Å². The summed E-state index contributed by atoms with van der Waals surface area (Å²) in [7, 11) is 1.63. The smallest absolute Gasteiger partial charge is 0.309 e. The first-order valence-corrected chi connectivity index (χ1v) is 12.7. The van der Waals surface area contributed by atoms with Gasteiger partial charge in [0.15, 0.2) is 0 Å². The van der Waals surface area contributed by atoms with Crippen molar-refractivity contribution < 1.29 is 32.9 Å². The fourth-order valence-electron chi connectivity index (χ4n) is 4.86. The van der Waals surface area contributed by atoms with Gasteiger partial charge in [0.1, 0.15) is 41.5 Å². The van der Waals surface area contributed by atoms with E-state index in [0.717, 1.165) is 23.3 Å². The number of carbonyl (C=O) groups excluding carboxylic acids is 1. The summed E-state index contributed by atoms with van der Waals surface area (Å²) in [5, 5.41) is 0. The van der Waals surface area contributed by atoms with Crippen molar-refractivity contribution in [1.29, 1.82) is 0 Å². The Bertz CT molecular complexity index is 1220. The molecule has 0 aliphatic heterocycles. The van der Waals surface area contributed by atoms with E-state index in [1.165, 1.54) is 6.07 Å². The highest BCUT2D eigenvalue weighted by Crippen LogP contribution is 2.49. The van der Waals surface area contributed by atoms with Gasteiger partial charge in [-0.1, -0.05) is 12.1 Å². The van der Waals surface area contributed by atoms with E-state index in [-0.39, 0.29) is 23.6 Å². The number of benzene rings is 3. The molecule has 0 saturated heterocycles. The lowest BCUT2D eigenvalue weighted by atomic mass is 10.1. The Morgan fingerprint density at radius 3 is 2.41 bits per heavy atom. The quantitative estimate of drug-likeness (QED) is 0.222. The Hall–Kier alpha value is -3.58. The van der Waals surface area contributed by atoms with E-state index in [1.807, 2.05) is 55.5 Å². The molecule has 5 rings (SSSR count). The highest BCUT2D eigenvalue weighted by atomic mass is 19.1. The van der Waals surface area contributed by atoms with E-state index < -0.39 is 6.10 Å². The third-order valence-electron chi connectivity index (χ3n) is 6.81. The molecule has 2 aliphatic rings. The molecule has 1 fully saturated rings. The van der Waals surface area contributed by atoms with E-state index in [2.05, 4.69) is 0 Å². The first-order chi connectivity index (χ1) is 18.1. The Kier molecular flexibility index (Phi) is 7.60. The number of hydrogen-bond acceptors (Lipinski definition) is 6. The first-order valence-electron chi connectivity index (χ1n) is 12.7. The molecule has 7 heteroatoms. The molecule has 0 aromatic heterocycles. The maximum absolute atomic E-state index is 14.9. The fraction of sp³-hybridized carbons (Fsp3) is 0.367. The molecule has 2 aliphatic carbocycles. The maximum atomic E-state index is 14.9. The molecule has 1 saturated carbocycles. The molecular weight excluding hydrogens is 475 g/mol. The van der Waals surface area contributed by atoms with Gasteiger partial charge in [-0.25, -0.2) is 4.39 Å². The van der Waals surface area contributed by atoms with Gasteiger partial charge in [-0.05, 0) is 86.2 Å². The van der Waals surface area contributed by atoms with Crippen LogP contribution in [0.15, 0.2) is 60.7 Å². The highest BCUT2D eigenvalue weighted by molar-refractivity contribution is 5.77. The average molecular weight is 507 g/mol. The van der Waals surface area contributed by atoms with Crippen LogP contribution in [-0.4, -0.2) is 32.9 Å². The SMILES string of the molecule is CCOC(=O)[C@H]1C[C@@H]1c1ccc(O[C@@H]2CCc3c(Oc4ccc(OCCOC)cc4)ccc(F)c32)cc1. The van der Waals surface area contributed by atoms with E-state index in [0.29, 0.717) is 55.5 Å². The van der Waals surface area contributed by atoms with Crippen LogP contribution in [0.25, 0.3) is 0 Å². The fourth-order valence-corrected chi connectivity index (χ4v) is 4.86. The Morgan fingerprint density at radius 2 is 1.68 bits per heavy atom. The second-order valence-electron chi connectivity index (χ2n) is 9.27. The number of esters is 1. The van der Waals surface area contributed by atoms with Crippen LogP contribution in [0, 0.1) is 11.7 Å². The monoisotopic (exact) mass is 506 g/mol. The molecule has 0 amide bonds. The van der Waals surface area contributed by atoms with Gasteiger partial charge in [-0.3, -0.25) is 4.79 Å². The predicted molar refractivity (Wildman–Crippen MR) is 136 cm³/mol. The molecule has 0 unspecified atom stereocenters. The van der Waals surface area contributed by atoms with E-state index in [9.17, 15) is 9.18 Å². The molecule has 3 atom stereocenters. The number of halogens is 1. The zero-order valence-corrected chi connectivity index (χ0v) is 21.1. The number of carbonyl (C=O) groups is 1. The van der Waals surface area contributed by atoms with Gasteiger partial charge in [0.25, 0.3) is 0 Å². The maximum Gasteiger partial charge on any atom is 0.309 e. The van der Waals surface area contributed by atoms with Crippen LogP contribution in [0.5, 0.6) is 23.0 Å². The third kappa shape index (κ3) is 5.72. The summed E-state index contributed by atoms with van der Waals surface area (Å²) < 4.78 is 42.9. The van der Waals surface area contributed by atoms with Gasteiger partial charge in [0, 0.05) is 18.2 Å². The van der Waals surface area contributed by atoms with Crippen LogP contribution in [0.1, 0.15) is 48.5 Å². The van der Waals surface area contributed by atoms with Crippen molar-refractivity contribution in [3.05, 3.63) is 83.2 Å². The standard InChI is InChI=1S/C30H31FO6/c1-3-34-30(32)25-18-24(25)19-4-6-21(7-5-19)37-28-14-12-23-27(15-13-26(31)29(23)28)36-22-10-8-20(9-11-22)35-17-16-33-2/h4-11,13,15,24-25,28H,3,12,14,16-18H2,1-2H3/t24-,25+,28-/m1/s1. The second kappa shape index (κ2) is 11.2. The Balaban J connectivity index is 1.24. The van der Waals surface area contributed by atoms with Crippen LogP contribution < -0.4 is 14.2 Å². The summed E-state index contributed by atoms with van der Waals surface area (Å²) in [5.41, 5.74) is 2.47. The minimum absolute atomic E-state index is 0.0552. The van der Waals surface area contributed by atoms with Crippen molar-refractivity contribution in [2.75, 3.05) is 26.9 Å². The van der Waals surface area contributed by atoms with Gasteiger partial charge in [0.2, 0.25) is 0 Å². The molecule has 0 N–H and O–H groups in total. The summed E-state index contributed by atoms with van der Waals surface area (Å²) in [5.74, 6) is 2.40. The van der Waals surface area contributed by atoms with Crippen LogP contribution in [-0.2, 0) is 20.7 Å². The molecule has 3 aromatic rings. The Labute approximate surface area is 216 Å². The zero-order chi connectivity index (χ0) is 25.8. The highest BCUT2D eigenvalue weighted by Gasteiger charge is 2.45. The largest absolute Gasteiger partial charge is 0.491 e. The van der Waals surface area contributed by atoms with Gasteiger partial charge < -0.3 is 23.7 Å². The van der Waals surface area contributed by atoms with E-state index >= 15 is 0 Å². The molecule has 6 nitrogen and oxygen atoms in total. The minimum atomic E-state index is -0.394. The normalized spacial score (nSPS) is 19.7. The van der Waals surface area contributed by atoms with Crippen LogP contribution >= 0.6 is 0 Å². The summed E-state index contributed by atoms with van der Waals surface area (Å²) in [6.07, 6.45) is 1.74. The number of hydrogen-bond donors (Lipinski definition) is 0. The lowest BCUT2D eigenvalue weighted by Crippen LogP contribution is -2.07. The van der Waals surface area contributed by atoms with E-state index in [1.54, 1.807) is 13.2 Å². The van der Waals surface area contributed by atoms with Crippen molar-refractivity contribution >= 4 is 5.97 Å². The average Bonchev–Trinajstić information content (AvgIpc) is 3.60. The number of ether oxygens (including phenoxy) is 5. The minimum Gasteiger partial charge on any atom is -0.491 e. The topological polar surface area (TPSA) is 63.2 Å². The van der Waals surface area contributed by atoms with Gasteiger partial charge in [-0.2, -0.15) is 0 Å². The van der Waals surface area contributed by atoms with Crippen molar-refractivity contribution in [3.63, 3.8) is 0 Å². The molecular formula is C30H31FO6. The molecule has 37 heavy (non-hydrogen) atoms. The van der Waals surface area contributed by atoms with Crippen molar-refractivity contribution in [1.82, 2.24) is 0 Å². The number of rotatable bonds is 11. The summed E-state index contributed by atoms with van der Waals surface area (Å²) in [6.45, 7) is 3.21. The van der Waals surface area contributed by atoms with Crippen LogP contribution in [0.3, 0.4) is 0 Å². The molecule has 0 spiro atoms. The third-order valence-corrected chi connectivity index (χ3v) is 6.81. The Morgan fingerprint density at radius 1 is 0.946 bits per heavy atom. The molecule has 0 heterocycles. The predicted octanol–water partition coefficient (Wildman–Crippen LogP) is 6.38. The van der Waals surface area contributed by atoms with Gasteiger partial charge in [0.05, 0.1) is 19.1 Å². The number of methoxy groups -OCH3 is 1. The molecule has 194 valence electrons. The summed E-state index contributed by atoms with van der Waals surface area (Å²) in [6, 6.07) is 18.2. The lowest BCUT2D eigenvalue weighted by molar-refractivity contribution is -0.144. The van der Waals surface area contributed by atoms with Crippen molar-refractivity contribution in [2.45, 2.75) is 38.2 Å². The zero-order valence-electron chi connectivity index (χ0n) is 21.1. The van der Waals surface area contributed by atoms with Gasteiger partial charge in [-0.15, -0.1) is 0 Å². The van der Waals surface area contributed by atoms with Gasteiger partial charge >= 0.3 is 5.97 Å². The summed E-state index contributed by atoms with van der Waals surface area (Å²) in [4.78, 5) is 11.9. The second-order valence-corrected chi connectivity index (χ2v) is 9.27. The van der Waals surface area contributed by atoms with Crippen LogP contribution in [0.2, 0.25) is 0 Å². The first kappa shape index (κ1) is 25.1. The molecule has 0 bridgehead atoms. The van der Waals surface area contributed by atoms with Crippen molar-refractivity contribution in [2.24, 2.45) is 5.92 Å². The van der Waals surface area contributed by atoms with Crippen LogP contribution in [0.4, 0.5) is 4.39 Å². The molecule has 0 radical (unpaired) electrons. The number of fused-ring (bicyclic) bond motifs is 1. The lowest BCUT2D eigenvalue weighted by Gasteiger charge is -2.17. The molecule has 3 aromatic carbocycles. The van der Waals surface area contributed by atoms with Crippen molar-refractivity contribution in [3.8, 4) is 23.0 Å².